The zero-order valence-corrected chi connectivity index (χ0v) is 21.2. The molecule has 0 spiro atoms. The molecular formula is C20H39NO6Si2. The summed E-state index contributed by atoms with van der Waals surface area (Å²) in [5.41, 5.74) is 2.29. The first kappa shape index (κ1) is 26.4. The van der Waals surface area contributed by atoms with Gasteiger partial charge in [-0.3, -0.25) is 0 Å². The van der Waals surface area contributed by atoms with Crippen LogP contribution in [0.25, 0.3) is 0 Å². The minimum absolute atomic E-state index is 0.450. The summed E-state index contributed by atoms with van der Waals surface area (Å²) in [6.45, 7) is 16.9. The standard InChI is InChI=1S/C20H39NO6Si2/c1-8-22-28(23-9-2,24-10-3)21(18-20-16-14-19(7)15-17-20)29(25-11-4,26-12-5)27-13-6/h14-17H,8-13,18H2,1-7H3. The molecule has 1 aromatic rings. The van der Waals surface area contributed by atoms with E-state index < -0.39 is 17.9 Å². The first-order chi connectivity index (χ1) is 14.0. The third kappa shape index (κ3) is 7.23. The van der Waals surface area contributed by atoms with Crippen LogP contribution in [0.15, 0.2) is 24.3 Å². The van der Waals surface area contributed by atoms with Crippen LogP contribution in [-0.4, -0.2) is 61.8 Å². The summed E-state index contributed by atoms with van der Waals surface area (Å²) in [7, 11) is -6.70. The van der Waals surface area contributed by atoms with E-state index in [1.165, 1.54) is 5.56 Å². The fourth-order valence-electron chi connectivity index (χ4n) is 3.05. The van der Waals surface area contributed by atoms with Gasteiger partial charge in [-0.1, -0.05) is 29.8 Å². The molecule has 9 heteroatoms. The van der Waals surface area contributed by atoms with Gasteiger partial charge < -0.3 is 26.6 Å². The van der Waals surface area contributed by atoms with Crippen molar-refractivity contribution in [1.82, 2.24) is 4.23 Å². The molecule has 0 aliphatic rings. The van der Waals surface area contributed by atoms with Crippen LogP contribution in [0.1, 0.15) is 52.7 Å². The van der Waals surface area contributed by atoms with Crippen LogP contribution in [0.4, 0.5) is 0 Å². The quantitative estimate of drug-likeness (QED) is 0.358. The molecule has 29 heavy (non-hydrogen) atoms. The normalized spacial score (nSPS) is 12.7. The third-order valence-electron chi connectivity index (χ3n) is 4.08. The van der Waals surface area contributed by atoms with E-state index in [-0.39, 0.29) is 0 Å². The molecular weight excluding hydrogens is 406 g/mol. The number of benzene rings is 1. The smallest absolute Gasteiger partial charge is 0.362 e. The van der Waals surface area contributed by atoms with Crippen molar-refractivity contribution in [3.8, 4) is 0 Å². The van der Waals surface area contributed by atoms with Gasteiger partial charge in [0.1, 0.15) is 0 Å². The highest BCUT2D eigenvalue weighted by atomic mass is 28.5. The summed E-state index contributed by atoms with van der Waals surface area (Å²) in [4.78, 5) is 0. The Labute approximate surface area is 179 Å². The van der Waals surface area contributed by atoms with Crippen molar-refractivity contribution >= 4 is 17.9 Å². The predicted octanol–water partition coefficient (Wildman–Crippen LogP) is 3.89. The van der Waals surface area contributed by atoms with E-state index in [1.54, 1.807) is 0 Å². The SMILES string of the molecule is CCO[Si](OCC)(OCC)N(Cc1ccc(C)cc1)[Si](OCC)(OCC)OCC. The molecule has 0 aromatic heterocycles. The predicted molar refractivity (Wildman–Crippen MR) is 118 cm³/mol. The Bertz CT molecular complexity index is 500. The van der Waals surface area contributed by atoms with Crippen LogP contribution in [0.2, 0.25) is 0 Å². The Morgan fingerprint density at radius 2 is 0.897 bits per heavy atom. The highest BCUT2D eigenvalue weighted by Crippen LogP contribution is 2.29. The fourth-order valence-corrected chi connectivity index (χ4v) is 9.93. The maximum Gasteiger partial charge on any atom is 0.598 e. The molecule has 7 nitrogen and oxygen atoms in total. The molecule has 0 heterocycles. The van der Waals surface area contributed by atoms with E-state index in [0.717, 1.165) is 5.56 Å². The van der Waals surface area contributed by atoms with E-state index in [9.17, 15) is 0 Å². The van der Waals surface area contributed by atoms with Crippen LogP contribution in [0.3, 0.4) is 0 Å². The first-order valence-electron chi connectivity index (χ1n) is 10.6. The van der Waals surface area contributed by atoms with E-state index in [0.29, 0.717) is 46.2 Å². The zero-order valence-electron chi connectivity index (χ0n) is 19.2. The van der Waals surface area contributed by atoms with Crippen LogP contribution in [0.5, 0.6) is 0 Å². The summed E-state index contributed by atoms with van der Waals surface area (Å²) >= 11 is 0. The topological polar surface area (TPSA) is 58.6 Å². The van der Waals surface area contributed by atoms with Crippen molar-refractivity contribution in [2.45, 2.75) is 55.0 Å². The first-order valence-corrected chi connectivity index (χ1v) is 14.0. The lowest BCUT2D eigenvalue weighted by Gasteiger charge is -2.44. The van der Waals surface area contributed by atoms with Gasteiger partial charge in [0.15, 0.2) is 0 Å². The average Bonchev–Trinajstić information content (AvgIpc) is 2.68. The molecule has 0 aliphatic heterocycles. The molecule has 0 N–H and O–H groups in total. The summed E-state index contributed by atoms with van der Waals surface area (Å²) in [6, 6.07) is 8.36. The van der Waals surface area contributed by atoms with E-state index >= 15 is 0 Å². The number of hydrogen-bond donors (Lipinski definition) is 0. The molecule has 0 unspecified atom stereocenters. The van der Waals surface area contributed by atoms with Crippen LogP contribution in [0, 0.1) is 6.92 Å². The molecule has 1 aromatic carbocycles. The molecule has 0 atom stereocenters. The van der Waals surface area contributed by atoms with Crippen LogP contribution in [-0.2, 0) is 33.1 Å². The maximum atomic E-state index is 6.23. The van der Waals surface area contributed by atoms with Crippen molar-refractivity contribution in [2.24, 2.45) is 0 Å². The average molecular weight is 446 g/mol. The maximum absolute atomic E-state index is 6.23. The van der Waals surface area contributed by atoms with Crippen molar-refractivity contribution in [2.75, 3.05) is 39.6 Å². The summed E-state index contributed by atoms with van der Waals surface area (Å²) in [5, 5.41) is 0. The monoisotopic (exact) mass is 445 g/mol. The van der Waals surface area contributed by atoms with Crippen molar-refractivity contribution in [3.63, 3.8) is 0 Å². The Kier molecular flexibility index (Phi) is 12.4. The van der Waals surface area contributed by atoms with Gasteiger partial charge in [-0.2, -0.15) is 0 Å². The van der Waals surface area contributed by atoms with E-state index in [4.69, 9.17) is 26.6 Å². The zero-order chi connectivity index (χ0) is 21.8. The molecule has 0 radical (unpaired) electrons. The minimum atomic E-state index is -3.35. The second-order valence-corrected chi connectivity index (χ2v) is 11.6. The Morgan fingerprint density at radius 1 is 0.586 bits per heavy atom. The molecule has 0 saturated heterocycles. The summed E-state index contributed by atoms with van der Waals surface area (Å²) in [6.07, 6.45) is 0. The van der Waals surface area contributed by atoms with Gasteiger partial charge in [0.05, 0.1) is 0 Å². The van der Waals surface area contributed by atoms with Gasteiger partial charge in [-0.05, 0) is 54.0 Å². The fraction of sp³-hybridized carbons (Fsp3) is 0.700. The molecule has 0 bridgehead atoms. The largest absolute Gasteiger partial charge is 0.598 e. The molecule has 0 amide bonds. The summed E-state index contributed by atoms with van der Waals surface area (Å²) < 4.78 is 39.4. The number of hydrogen-bond acceptors (Lipinski definition) is 7. The van der Waals surface area contributed by atoms with Gasteiger partial charge in [0.2, 0.25) is 0 Å². The van der Waals surface area contributed by atoms with Gasteiger partial charge in [-0.15, -0.1) is 0 Å². The second kappa shape index (κ2) is 13.6. The van der Waals surface area contributed by atoms with Crippen LogP contribution < -0.4 is 0 Å². The Hall–Kier alpha value is -0.626. The molecule has 1 rings (SSSR count). The Balaban J connectivity index is 3.58. The minimum Gasteiger partial charge on any atom is -0.362 e. The van der Waals surface area contributed by atoms with E-state index in [2.05, 4.69) is 31.2 Å². The van der Waals surface area contributed by atoms with Crippen molar-refractivity contribution in [3.05, 3.63) is 35.4 Å². The molecule has 0 fully saturated rings. The Morgan fingerprint density at radius 3 is 1.17 bits per heavy atom. The summed E-state index contributed by atoms with van der Waals surface area (Å²) in [5.74, 6) is 0. The molecule has 168 valence electrons. The highest BCUT2D eigenvalue weighted by Gasteiger charge is 2.64. The van der Waals surface area contributed by atoms with Gasteiger partial charge in [0, 0.05) is 46.2 Å². The van der Waals surface area contributed by atoms with Gasteiger partial charge in [-0.25, -0.2) is 4.23 Å². The molecule has 0 saturated carbocycles. The lowest BCUT2D eigenvalue weighted by molar-refractivity contribution is -0.0214. The molecule has 0 aliphatic carbocycles. The lowest BCUT2D eigenvalue weighted by Crippen LogP contribution is -2.74. The number of aryl methyl sites for hydroxylation is 1. The number of nitrogens with zero attached hydrogens (tertiary/aromatic N) is 1. The van der Waals surface area contributed by atoms with E-state index in [1.807, 2.05) is 45.8 Å². The second-order valence-electron chi connectivity index (χ2n) is 6.22. The van der Waals surface area contributed by atoms with Gasteiger partial charge in [0.25, 0.3) is 0 Å². The number of rotatable bonds is 16. The lowest BCUT2D eigenvalue weighted by atomic mass is 10.2. The van der Waals surface area contributed by atoms with Crippen molar-refractivity contribution in [1.29, 1.82) is 0 Å². The van der Waals surface area contributed by atoms with Crippen molar-refractivity contribution < 1.29 is 26.6 Å². The third-order valence-corrected chi connectivity index (χ3v) is 11.3. The van der Waals surface area contributed by atoms with Crippen LogP contribution >= 0.6 is 0 Å². The highest BCUT2D eigenvalue weighted by molar-refractivity contribution is 6.75. The van der Waals surface area contributed by atoms with Gasteiger partial charge >= 0.3 is 17.9 Å².